The summed E-state index contributed by atoms with van der Waals surface area (Å²) < 4.78 is 31.1. The van der Waals surface area contributed by atoms with Crippen LogP contribution in [0, 0.1) is 13.8 Å². The van der Waals surface area contributed by atoms with E-state index in [9.17, 15) is 0 Å². The summed E-state index contributed by atoms with van der Waals surface area (Å²) in [5.41, 5.74) is 8.75. The Labute approximate surface area is 259 Å². The molecule has 8 heteroatoms. The molecule has 0 fully saturated rings. The summed E-state index contributed by atoms with van der Waals surface area (Å²) in [6.07, 6.45) is 5.66. The highest BCUT2D eigenvalue weighted by atomic mass is 31.2. The van der Waals surface area contributed by atoms with E-state index >= 15 is 0 Å². The summed E-state index contributed by atoms with van der Waals surface area (Å²) in [7, 11) is -3.00. The molecule has 0 bridgehead atoms. The first-order valence-corrected chi connectivity index (χ1v) is 16.9. The highest BCUT2D eigenvalue weighted by Crippen LogP contribution is 2.52. The van der Waals surface area contributed by atoms with E-state index in [0.717, 1.165) is 80.6 Å². The van der Waals surface area contributed by atoms with Crippen molar-refractivity contribution in [1.29, 1.82) is 0 Å². The van der Waals surface area contributed by atoms with Crippen molar-refractivity contribution in [2.45, 2.75) is 26.7 Å². The zero-order valence-corrected chi connectivity index (χ0v) is 26.2. The molecule has 0 spiro atoms. The van der Waals surface area contributed by atoms with Gasteiger partial charge in [0.1, 0.15) is 23.0 Å². The van der Waals surface area contributed by atoms with Gasteiger partial charge in [-0.05, 0) is 74.5 Å². The number of nitrogens with zero attached hydrogens (tertiary/aromatic N) is 2. The Morgan fingerprint density at radius 3 is 1.48 bits per heavy atom. The molecule has 2 unspecified atom stereocenters. The second kappa shape index (κ2) is 11.2. The smallest absolute Gasteiger partial charge is 0.421 e. The molecule has 2 aliphatic heterocycles. The van der Waals surface area contributed by atoms with Gasteiger partial charge in [-0.25, -0.2) is 0 Å². The highest BCUT2D eigenvalue weighted by molar-refractivity contribution is 7.46. The summed E-state index contributed by atoms with van der Waals surface area (Å²) in [5.74, 6) is 3.17. The van der Waals surface area contributed by atoms with Gasteiger partial charge < -0.3 is 18.1 Å². The van der Waals surface area contributed by atoms with Crippen molar-refractivity contribution in [1.82, 2.24) is 8.68 Å². The first-order chi connectivity index (χ1) is 21.6. The van der Waals surface area contributed by atoms with E-state index in [2.05, 4.69) is 95.3 Å². The number of hydrogen-bond donors (Lipinski definition) is 0. The van der Waals surface area contributed by atoms with E-state index in [4.69, 9.17) is 18.1 Å². The number of hydrogen-bond acceptors (Lipinski definition) is 4. The minimum Gasteiger partial charge on any atom is -0.422 e. The Hall–Kier alpha value is -4.50. The van der Waals surface area contributed by atoms with Crippen LogP contribution >= 0.6 is 17.1 Å². The normalized spacial score (nSPS) is 16.6. The van der Waals surface area contributed by atoms with Gasteiger partial charge in [0.15, 0.2) is 0 Å². The van der Waals surface area contributed by atoms with Crippen LogP contribution in [0.3, 0.4) is 0 Å². The molecule has 0 aliphatic carbocycles. The van der Waals surface area contributed by atoms with E-state index in [-0.39, 0.29) is 0 Å². The minimum atomic E-state index is -1.50. The predicted octanol–water partition coefficient (Wildman–Crippen LogP) is 9.85. The lowest BCUT2D eigenvalue weighted by molar-refractivity contribution is 0.476. The molecule has 2 aromatic heterocycles. The largest absolute Gasteiger partial charge is 0.422 e. The molecule has 0 saturated carbocycles. The molecule has 218 valence electrons. The van der Waals surface area contributed by atoms with Crippen molar-refractivity contribution in [2.24, 2.45) is 0 Å². The number of aryl methyl sites for hydroxylation is 2. The first kappa shape index (κ1) is 27.1. The first-order valence-electron chi connectivity index (χ1n) is 14.6. The van der Waals surface area contributed by atoms with Crippen molar-refractivity contribution < 1.29 is 18.1 Å². The number of benzene rings is 4. The second-order valence-corrected chi connectivity index (χ2v) is 13.6. The fourth-order valence-corrected chi connectivity index (χ4v) is 8.54. The summed E-state index contributed by atoms with van der Waals surface area (Å²) in [6, 6.07) is 37.3. The van der Waals surface area contributed by atoms with Gasteiger partial charge in [-0.15, -0.1) is 0 Å². The van der Waals surface area contributed by atoms with Crippen LogP contribution in [-0.4, -0.2) is 8.68 Å². The third kappa shape index (κ3) is 5.05. The molecule has 4 aromatic carbocycles. The molecular formula is C36H30N2O4P2. The maximum absolute atomic E-state index is 6.83. The third-order valence-electron chi connectivity index (χ3n) is 7.93. The lowest BCUT2D eigenvalue weighted by Gasteiger charge is -2.23. The van der Waals surface area contributed by atoms with Gasteiger partial charge >= 0.3 is 17.1 Å². The van der Waals surface area contributed by atoms with E-state index < -0.39 is 17.1 Å². The molecular weight excluding hydrogens is 586 g/mol. The Balaban J connectivity index is 1.19. The van der Waals surface area contributed by atoms with Crippen LogP contribution in [0.15, 0.2) is 122 Å². The van der Waals surface area contributed by atoms with Gasteiger partial charge in [-0.3, -0.25) is 8.68 Å². The van der Waals surface area contributed by atoms with Crippen molar-refractivity contribution in [3.05, 3.63) is 155 Å². The molecule has 0 radical (unpaired) electrons. The van der Waals surface area contributed by atoms with Crippen molar-refractivity contribution in [2.75, 3.05) is 0 Å². The van der Waals surface area contributed by atoms with Crippen LogP contribution in [-0.2, 0) is 12.8 Å². The van der Waals surface area contributed by atoms with Crippen molar-refractivity contribution >= 4 is 17.1 Å². The van der Waals surface area contributed by atoms with Gasteiger partial charge in [0.25, 0.3) is 0 Å². The molecule has 2 aliphatic rings. The average Bonchev–Trinajstić information content (AvgIpc) is 3.63. The van der Waals surface area contributed by atoms with Gasteiger partial charge in [0, 0.05) is 58.9 Å². The molecule has 4 heterocycles. The van der Waals surface area contributed by atoms with Crippen molar-refractivity contribution in [3.8, 4) is 34.1 Å². The van der Waals surface area contributed by atoms with E-state index in [1.807, 2.05) is 48.8 Å². The van der Waals surface area contributed by atoms with Gasteiger partial charge in [0.2, 0.25) is 0 Å². The van der Waals surface area contributed by atoms with Crippen molar-refractivity contribution in [3.63, 3.8) is 0 Å². The third-order valence-corrected chi connectivity index (χ3v) is 10.8. The number of rotatable bonds is 5. The van der Waals surface area contributed by atoms with Gasteiger partial charge in [-0.1, -0.05) is 59.7 Å². The second-order valence-electron chi connectivity index (χ2n) is 11.1. The van der Waals surface area contributed by atoms with Crippen LogP contribution in [0.25, 0.3) is 11.1 Å². The molecule has 6 aromatic rings. The summed E-state index contributed by atoms with van der Waals surface area (Å²) >= 11 is 0. The Kier molecular flexibility index (Phi) is 6.90. The van der Waals surface area contributed by atoms with Crippen LogP contribution < -0.4 is 18.1 Å². The summed E-state index contributed by atoms with van der Waals surface area (Å²) in [5, 5.41) is 0. The molecule has 0 amide bonds. The van der Waals surface area contributed by atoms with E-state index in [1.54, 1.807) is 0 Å². The van der Waals surface area contributed by atoms with Gasteiger partial charge in [-0.2, -0.15) is 0 Å². The zero-order valence-electron chi connectivity index (χ0n) is 24.4. The fourth-order valence-electron chi connectivity index (χ4n) is 5.70. The topological polar surface area (TPSA) is 46.8 Å². The summed E-state index contributed by atoms with van der Waals surface area (Å²) in [4.78, 5) is 0. The Morgan fingerprint density at radius 1 is 0.545 bits per heavy atom. The molecule has 6 nitrogen and oxygen atoms in total. The van der Waals surface area contributed by atoms with Gasteiger partial charge in [0.05, 0.1) is 0 Å². The number of aromatic nitrogens is 2. The number of para-hydroxylation sites is 2. The van der Waals surface area contributed by atoms with E-state index in [1.165, 1.54) is 0 Å². The fraction of sp³-hybridized carbons (Fsp3) is 0.111. The van der Waals surface area contributed by atoms with Crippen LogP contribution in [0.1, 0.15) is 33.6 Å². The number of fused-ring (bicyclic) bond motifs is 4. The SMILES string of the molecule is Cc1ccc(OP2Oc3ccccc3Cc3cccn32)c(-c2cc(C)ccc2OP2Oc3ccccc3Cc3cccn32)c1. The molecule has 44 heavy (non-hydrogen) atoms. The van der Waals surface area contributed by atoms with Crippen LogP contribution in [0.4, 0.5) is 0 Å². The quantitative estimate of drug-likeness (QED) is 0.181. The maximum atomic E-state index is 6.83. The average molecular weight is 617 g/mol. The van der Waals surface area contributed by atoms with E-state index in [0.29, 0.717) is 0 Å². The predicted molar refractivity (Wildman–Crippen MR) is 176 cm³/mol. The summed E-state index contributed by atoms with van der Waals surface area (Å²) in [6.45, 7) is 4.19. The molecule has 0 N–H and O–H groups in total. The van der Waals surface area contributed by atoms with Crippen LogP contribution in [0.2, 0.25) is 0 Å². The Morgan fingerprint density at radius 2 is 1.00 bits per heavy atom. The molecule has 8 rings (SSSR count). The van der Waals surface area contributed by atoms with Crippen LogP contribution in [0.5, 0.6) is 23.0 Å². The monoisotopic (exact) mass is 616 g/mol. The molecule has 2 atom stereocenters. The Bertz CT molecular complexity index is 1850. The lowest BCUT2D eigenvalue weighted by atomic mass is 10.00. The minimum absolute atomic E-state index is 0.734. The maximum Gasteiger partial charge on any atom is 0.421 e. The standard InChI is InChI=1S/C36H30N2O4P2/c1-25-15-17-35(41-43-37-19-7-11-29(37)23-27-9-3-5-13-33(27)39-43)31(21-25)32-22-26(2)16-18-36(32)42-44-38-20-8-12-30(38)24-28-10-4-6-14-34(28)40-44/h3-22H,23-24H2,1-2H3. The molecule has 0 saturated heterocycles. The lowest BCUT2D eigenvalue weighted by Crippen LogP contribution is -2.06. The highest BCUT2D eigenvalue weighted by Gasteiger charge is 2.30. The zero-order chi connectivity index (χ0) is 29.6.